The monoisotopic (exact) mass is 355 g/mol. The molecule has 1 aliphatic rings. The molecule has 1 amide bonds. The summed E-state index contributed by atoms with van der Waals surface area (Å²) in [6, 6.07) is 14.5. The number of amides is 1. The normalized spacial score (nSPS) is 17.1. The van der Waals surface area contributed by atoms with Crippen LogP contribution < -0.4 is 10.2 Å². The maximum Gasteiger partial charge on any atom is 0.225 e. The molecule has 5 nitrogen and oxygen atoms in total. The Bertz CT molecular complexity index is 684. The zero-order valence-corrected chi connectivity index (χ0v) is 15.9. The molecule has 1 aromatic carbocycles. The Balaban J connectivity index is 1.64. The first-order valence-corrected chi connectivity index (χ1v) is 9.31. The van der Waals surface area contributed by atoms with Crippen LogP contribution in [0, 0.1) is 5.41 Å². The highest BCUT2D eigenvalue weighted by molar-refractivity contribution is 5.81. The van der Waals surface area contributed by atoms with Gasteiger partial charge in [0.05, 0.1) is 12.3 Å². The van der Waals surface area contributed by atoms with Gasteiger partial charge < -0.3 is 14.6 Å². The lowest BCUT2D eigenvalue weighted by molar-refractivity contribution is -0.128. The lowest BCUT2D eigenvalue weighted by atomic mass is 9.95. The average Bonchev–Trinajstić information content (AvgIpc) is 3.16. The van der Waals surface area contributed by atoms with Crippen molar-refractivity contribution in [2.24, 2.45) is 5.41 Å². The number of carbonyl (C=O) groups excluding carboxylic acids is 1. The molecule has 26 heavy (non-hydrogen) atoms. The fourth-order valence-electron chi connectivity index (χ4n) is 3.28. The number of hydrogen-bond acceptors (Lipinski definition) is 4. The Kier molecular flexibility index (Phi) is 5.67. The molecular formula is C21H29N3O2. The molecule has 0 unspecified atom stereocenters. The smallest absolute Gasteiger partial charge is 0.225 e. The van der Waals surface area contributed by atoms with E-state index in [4.69, 9.17) is 4.42 Å². The number of furan rings is 1. The van der Waals surface area contributed by atoms with Crippen LogP contribution in [0.15, 0.2) is 53.1 Å². The lowest BCUT2D eigenvalue weighted by Crippen LogP contribution is -2.50. The molecule has 5 heteroatoms. The second kappa shape index (κ2) is 7.96. The largest absolute Gasteiger partial charge is 0.468 e. The summed E-state index contributed by atoms with van der Waals surface area (Å²) >= 11 is 0. The maximum absolute atomic E-state index is 12.3. The summed E-state index contributed by atoms with van der Waals surface area (Å²) in [5.74, 6) is 0.976. The highest BCUT2D eigenvalue weighted by atomic mass is 16.3. The van der Waals surface area contributed by atoms with Crippen molar-refractivity contribution in [3.8, 4) is 0 Å². The van der Waals surface area contributed by atoms with E-state index in [2.05, 4.69) is 39.4 Å². The van der Waals surface area contributed by atoms with E-state index in [1.807, 2.05) is 39.0 Å². The van der Waals surface area contributed by atoms with Gasteiger partial charge in [-0.05, 0) is 24.3 Å². The van der Waals surface area contributed by atoms with Gasteiger partial charge in [0.25, 0.3) is 0 Å². The first kappa shape index (κ1) is 18.5. The zero-order chi connectivity index (χ0) is 18.6. The van der Waals surface area contributed by atoms with Crippen molar-refractivity contribution < 1.29 is 9.21 Å². The molecule has 2 aromatic rings. The van der Waals surface area contributed by atoms with Gasteiger partial charge in [0.15, 0.2) is 0 Å². The molecule has 1 saturated heterocycles. The molecule has 1 fully saturated rings. The molecule has 140 valence electrons. The van der Waals surface area contributed by atoms with Gasteiger partial charge in [-0.2, -0.15) is 0 Å². The molecule has 1 aliphatic heterocycles. The van der Waals surface area contributed by atoms with Gasteiger partial charge in [0, 0.05) is 43.8 Å². The van der Waals surface area contributed by atoms with Gasteiger partial charge in [-0.15, -0.1) is 0 Å². The summed E-state index contributed by atoms with van der Waals surface area (Å²) in [5.41, 5.74) is 0.877. The van der Waals surface area contributed by atoms with Crippen molar-refractivity contribution in [1.29, 1.82) is 0 Å². The Labute approximate surface area is 156 Å². The summed E-state index contributed by atoms with van der Waals surface area (Å²) in [6.07, 6.45) is 1.70. The SMILES string of the molecule is CC(C)(C)C(=O)NC[C@H](c1ccco1)N1CCN(c2ccccc2)CC1. The predicted octanol–water partition coefficient (Wildman–Crippen LogP) is 3.31. The van der Waals surface area contributed by atoms with E-state index in [9.17, 15) is 4.79 Å². The number of piperazine rings is 1. The minimum atomic E-state index is -0.389. The van der Waals surface area contributed by atoms with Crippen LogP contribution in [0.4, 0.5) is 5.69 Å². The third-order valence-corrected chi connectivity index (χ3v) is 4.89. The van der Waals surface area contributed by atoms with Gasteiger partial charge >= 0.3 is 0 Å². The van der Waals surface area contributed by atoms with Gasteiger partial charge in [-0.25, -0.2) is 0 Å². The van der Waals surface area contributed by atoms with E-state index in [1.165, 1.54) is 5.69 Å². The quantitative estimate of drug-likeness (QED) is 0.894. The van der Waals surface area contributed by atoms with Crippen LogP contribution in [-0.4, -0.2) is 43.5 Å². The van der Waals surface area contributed by atoms with Crippen LogP contribution in [0.5, 0.6) is 0 Å². The summed E-state index contributed by atoms with van der Waals surface area (Å²) in [7, 11) is 0. The van der Waals surface area contributed by atoms with Crippen molar-refractivity contribution in [2.45, 2.75) is 26.8 Å². The lowest BCUT2D eigenvalue weighted by Gasteiger charge is -2.39. The van der Waals surface area contributed by atoms with Gasteiger partial charge in [0.2, 0.25) is 5.91 Å². The number of para-hydroxylation sites is 1. The van der Waals surface area contributed by atoms with E-state index in [0.717, 1.165) is 31.9 Å². The maximum atomic E-state index is 12.3. The van der Waals surface area contributed by atoms with Crippen molar-refractivity contribution in [3.05, 3.63) is 54.5 Å². The van der Waals surface area contributed by atoms with E-state index in [0.29, 0.717) is 6.54 Å². The Morgan fingerprint density at radius 1 is 1.08 bits per heavy atom. The first-order valence-electron chi connectivity index (χ1n) is 9.31. The Morgan fingerprint density at radius 3 is 2.35 bits per heavy atom. The van der Waals surface area contributed by atoms with Crippen LogP contribution in [0.25, 0.3) is 0 Å². The third-order valence-electron chi connectivity index (χ3n) is 4.89. The molecule has 3 rings (SSSR count). The van der Waals surface area contributed by atoms with E-state index >= 15 is 0 Å². The standard InChI is InChI=1S/C21H29N3O2/c1-21(2,3)20(25)22-16-18(19-10-7-15-26-19)24-13-11-23(12-14-24)17-8-5-4-6-9-17/h4-10,15,18H,11-14,16H2,1-3H3,(H,22,25)/t18-/m1/s1. The van der Waals surface area contributed by atoms with Crippen LogP contribution in [0.3, 0.4) is 0 Å². The van der Waals surface area contributed by atoms with Crippen LogP contribution in [0.1, 0.15) is 32.6 Å². The molecule has 0 saturated carbocycles. The molecule has 1 aromatic heterocycles. The fourth-order valence-corrected chi connectivity index (χ4v) is 3.28. The molecule has 0 radical (unpaired) electrons. The number of nitrogens with one attached hydrogen (secondary N) is 1. The second-order valence-corrected chi connectivity index (χ2v) is 7.85. The first-order chi connectivity index (χ1) is 12.4. The minimum Gasteiger partial charge on any atom is -0.468 e. The average molecular weight is 355 g/mol. The topological polar surface area (TPSA) is 48.7 Å². The van der Waals surface area contributed by atoms with Crippen LogP contribution in [-0.2, 0) is 4.79 Å². The van der Waals surface area contributed by atoms with E-state index in [1.54, 1.807) is 6.26 Å². The van der Waals surface area contributed by atoms with Crippen molar-refractivity contribution in [3.63, 3.8) is 0 Å². The van der Waals surface area contributed by atoms with E-state index < -0.39 is 0 Å². The molecular weight excluding hydrogens is 326 g/mol. The fraction of sp³-hybridized carbons (Fsp3) is 0.476. The number of anilines is 1. The number of rotatable bonds is 5. The number of hydrogen-bond donors (Lipinski definition) is 1. The zero-order valence-electron chi connectivity index (χ0n) is 15.9. The Hall–Kier alpha value is -2.27. The van der Waals surface area contributed by atoms with Crippen molar-refractivity contribution in [1.82, 2.24) is 10.2 Å². The number of benzene rings is 1. The van der Waals surface area contributed by atoms with Crippen LogP contribution >= 0.6 is 0 Å². The van der Waals surface area contributed by atoms with Gasteiger partial charge in [-0.3, -0.25) is 9.69 Å². The molecule has 2 heterocycles. The van der Waals surface area contributed by atoms with Gasteiger partial charge in [-0.1, -0.05) is 39.0 Å². The molecule has 1 atom stereocenters. The summed E-state index contributed by atoms with van der Waals surface area (Å²) in [4.78, 5) is 17.1. The number of nitrogens with zero attached hydrogens (tertiary/aromatic N) is 2. The number of carbonyl (C=O) groups is 1. The van der Waals surface area contributed by atoms with Crippen LogP contribution in [0.2, 0.25) is 0 Å². The summed E-state index contributed by atoms with van der Waals surface area (Å²) < 4.78 is 5.67. The second-order valence-electron chi connectivity index (χ2n) is 7.85. The van der Waals surface area contributed by atoms with Gasteiger partial charge in [0.1, 0.15) is 5.76 Å². The van der Waals surface area contributed by atoms with Crippen molar-refractivity contribution >= 4 is 11.6 Å². The predicted molar refractivity (Wildman–Crippen MR) is 104 cm³/mol. The van der Waals surface area contributed by atoms with Crippen molar-refractivity contribution in [2.75, 3.05) is 37.6 Å². The van der Waals surface area contributed by atoms with E-state index in [-0.39, 0.29) is 17.4 Å². The molecule has 0 bridgehead atoms. The summed E-state index contributed by atoms with van der Waals surface area (Å²) in [6.45, 7) is 10.2. The Morgan fingerprint density at radius 2 is 1.77 bits per heavy atom. The highest BCUT2D eigenvalue weighted by Gasteiger charge is 2.29. The summed E-state index contributed by atoms with van der Waals surface area (Å²) in [5, 5.41) is 3.10. The molecule has 0 spiro atoms. The third kappa shape index (κ3) is 4.47. The molecule has 1 N–H and O–H groups in total. The molecule has 0 aliphatic carbocycles. The highest BCUT2D eigenvalue weighted by Crippen LogP contribution is 2.25. The minimum absolute atomic E-state index is 0.0641.